The van der Waals surface area contributed by atoms with E-state index in [4.69, 9.17) is 4.74 Å². The molecular formula is C24H27N3O4S. The molecule has 0 spiro atoms. The summed E-state index contributed by atoms with van der Waals surface area (Å²) < 4.78 is 33.7. The van der Waals surface area contributed by atoms with E-state index < -0.39 is 10.0 Å². The van der Waals surface area contributed by atoms with Gasteiger partial charge in [-0.3, -0.25) is 9.52 Å². The Kier molecular flexibility index (Phi) is 7.48. The number of rotatable bonds is 9. The summed E-state index contributed by atoms with van der Waals surface area (Å²) in [5, 5.41) is 2.84. The minimum absolute atomic E-state index is 0.169. The van der Waals surface area contributed by atoms with Crippen molar-refractivity contribution in [1.82, 2.24) is 10.3 Å². The molecule has 0 fully saturated rings. The molecule has 3 rings (SSSR count). The third kappa shape index (κ3) is 6.07. The average molecular weight is 454 g/mol. The van der Waals surface area contributed by atoms with E-state index in [1.807, 2.05) is 13.0 Å². The minimum Gasteiger partial charge on any atom is -0.439 e. The number of nitrogens with zero attached hydrogens (tertiary/aromatic N) is 1. The number of hydrogen-bond donors (Lipinski definition) is 2. The molecular weight excluding hydrogens is 426 g/mol. The zero-order valence-corrected chi connectivity index (χ0v) is 19.2. The molecule has 168 valence electrons. The van der Waals surface area contributed by atoms with Crippen LogP contribution in [0.25, 0.3) is 0 Å². The predicted molar refractivity (Wildman–Crippen MR) is 125 cm³/mol. The number of sulfonamides is 1. The van der Waals surface area contributed by atoms with E-state index in [1.165, 1.54) is 6.20 Å². The van der Waals surface area contributed by atoms with Crippen molar-refractivity contribution in [3.05, 3.63) is 77.5 Å². The maximum Gasteiger partial charge on any atom is 0.262 e. The van der Waals surface area contributed by atoms with Crippen LogP contribution in [0.15, 0.2) is 65.7 Å². The zero-order valence-electron chi connectivity index (χ0n) is 18.4. The molecule has 0 saturated heterocycles. The summed E-state index contributed by atoms with van der Waals surface area (Å²) in [7, 11) is -3.70. The van der Waals surface area contributed by atoms with Crippen molar-refractivity contribution < 1.29 is 17.9 Å². The van der Waals surface area contributed by atoms with E-state index >= 15 is 0 Å². The maximum absolute atomic E-state index is 12.7. The largest absolute Gasteiger partial charge is 0.439 e. The Labute approximate surface area is 188 Å². The van der Waals surface area contributed by atoms with Crippen LogP contribution in [0, 0.1) is 13.8 Å². The van der Waals surface area contributed by atoms with Crippen LogP contribution in [0.5, 0.6) is 11.6 Å². The SMILES string of the molecule is CCCCNC(=O)c1ccc(Oc2ccc(NS(=O)(=O)c3ccc(C)cc3C)cc2)nc1. The van der Waals surface area contributed by atoms with Crippen molar-refractivity contribution in [3.8, 4) is 11.6 Å². The highest BCUT2D eigenvalue weighted by Gasteiger charge is 2.17. The summed E-state index contributed by atoms with van der Waals surface area (Å²) in [6.07, 6.45) is 3.40. The molecule has 0 aliphatic carbocycles. The Morgan fingerprint density at radius 3 is 2.41 bits per heavy atom. The number of nitrogens with one attached hydrogen (secondary N) is 2. The molecule has 1 amide bonds. The first-order chi connectivity index (χ1) is 15.3. The number of pyridine rings is 1. The summed E-state index contributed by atoms with van der Waals surface area (Å²) in [4.78, 5) is 16.4. The van der Waals surface area contributed by atoms with Crippen molar-refractivity contribution in [3.63, 3.8) is 0 Å². The molecule has 0 radical (unpaired) electrons. The number of anilines is 1. The molecule has 32 heavy (non-hydrogen) atoms. The normalized spacial score (nSPS) is 11.1. The van der Waals surface area contributed by atoms with E-state index in [-0.39, 0.29) is 10.8 Å². The van der Waals surface area contributed by atoms with E-state index in [1.54, 1.807) is 55.5 Å². The quantitative estimate of drug-likeness (QED) is 0.453. The summed E-state index contributed by atoms with van der Waals surface area (Å²) >= 11 is 0. The van der Waals surface area contributed by atoms with Gasteiger partial charge in [-0.1, -0.05) is 31.0 Å². The summed E-state index contributed by atoms with van der Waals surface area (Å²) in [5.41, 5.74) is 2.57. The lowest BCUT2D eigenvalue weighted by Gasteiger charge is -2.12. The Morgan fingerprint density at radius 2 is 1.78 bits per heavy atom. The third-order valence-electron chi connectivity index (χ3n) is 4.76. The van der Waals surface area contributed by atoms with Gasteiger partial charge in [0.15, 0.2) is 0 Å². The number of aromatic nitrogens is 1. The van der Waals surface area contributed by atoms with Gasteiger partial charge in [0.05, 0.1) is 10.5 Å². The van der Waals surface area contributed by atoms with Crippen LogP contribution in [0.1, 0.15) is 41.3 Å². The fraction of sp³-hybridized carbons (Fsp3) is 0.250. The topological polar surface area (TPSA) is 97.4 Å². The first-order valence-electron chi connectivity index (χ1n) is 10.4. The number of amides is 1. The molecule has 0 aliphatic rings. The van der Waals surface area contributed by atoms with Crippen LogP contribution < -0.4 is 14.8 Å². The van der Waals surface area contributed by atoms with Gasteiger partial charge in [0, 0.05) is 24.5 Å². The number of aryl methyl sites for hydroxylation is 2. The Balaban J connectivity index is 1.63. The van der Waals surface area contributed by atoms with Crippen LogP contribution in [-0.4, -0.2) is 25.9 Å². The molecule has 7 nitrogen and oxygen atoms in total. The smallest absolute Gasteiger partial charge is 0.262 e. The molecule has 0 unspecified atom stereocenters. The van der Waals surface area contributed by atoms with Crippen LogP contribution in [-0.2, 0) is 10.0 Å². The molecule has 2 N–H and O–H groups in total. The van der Waals surface area contributed by atoms with Gasteiger partial charge in [0.1, 0.15) is 5.75 Å². The monoisotopic (exact) mass is 453 g/mol. The maximum atomic E-state index is 12.7. The lowest BCUT2D eigenvalue weighted by Crippen LogP contribution is -2.24. The first-order valence-corrected chi connectivity index (χ1v) is 11.9. The van der Waals surface area contributed by atoms with Crippen LogP contribution in [0.3, 0.4) is 0 Å². The third-order valence-corrected chi connectivity index (χ3v) is 6.30. The van der Waals surface area contributed by atoms with Crippen molar-refractivity contribution in [2.75, 3.05) is 11.3 Å². The zero-order chi connectivity index (χ0) is 23.1. The van der Waals surface area contributed by atoms with Gasteiger partial charge in [-0.05, 0) is 62.2 Å². The number of hydrogen-bond acceptors (Lipinski definition) is 5. The van der Waals surface area contributed by atoms with E-state index in [9.17, 15) is 13.2 Å². The van der Waals surface area contributed by atoms with Crippen LogP contribution in [0.4, 0.5) is 5.69 Å². The number of unbranched alkanes of at least 4 members (excludes halogenated alkanes) is 1. The lowest BCUT2D eigenvalue weighted by atomic mass is 10.2. The van der Waals surface area contributed by atoms with Crippen molar-refractivity contribution in [1.29, 1.82) is 0 Å². The summed E-state index contributed by atoms with van der Waals surface area (Å²) in [6.45, 7) is 6.38. The van der Waals surface area contributed by atoms with Gasteiger partial charge in [0.2, 0.25) is 5.88 Å². The van der Waals surface area contributed by atoms with Crippen LogP contribution in [0.2, 0.25) is 0 Å². The second kappa shape index (κ2) is 10.3. The molecule has 2 aromatic carbocycles. The number of carbonyl (C=O) groups is 1. The highest BCUT2D eigenvalue weighted by Crippen LogP contribution is 2.24. The Morgan fingerprint density at radius 1 is 1.03 bits per heavy atom. The summed E-state index contributed by atoms with van der Waals surface area (Å²) in [5.74, 6) is 0.656. The lowest BCUT2D eigenvalue weighted by molar-refractivity contribution is 0.0952. The minimum atomic E-state index is -3.70. The average Bonchev–Trinajstić information content (AvgIpc) is 2.75. The predicted octanol–water partition coefficient (Wildman–Crippen LogP) is 4.82. The molecule has 0 atom stereocenters. The van der Waals surface area contributed by atoms with Gasteiger partial charge in [-0.2, -0.15) is 0 Å². The standard InChI is InChI=1S/C24H27N3O4S/c1-4-5-14-25-24(28)19-7-13-23(26-16-19)31-21-10-8-20(9-11-21)27-32(29,30)22-12-6-17(2)15-18(22)3/h6-13,15-16,27H,4-5,14H2,1-3H3,(H,25,28). The fourth-order valence-corrected chi connectivity index (χ4v) is 4.36. The second-order valence-corrected chi connectivity index (χ2v) is 9.15. The number of carbonyl (C=O) groups excluding carboxylic acids is 1. The molecule has 0 bridgehead atoms. The highest BCUT2D eigenvalue weighted by atomic mass is 32.2. The van der Waals surface area contributed by atoms with Gasteiger partial charge < -0.3 is 10.1 Å². The number of benzene rings is 2. The molecule has 1 heterocycles. The highest BCUT2D eigenvalue weighted by molar-refractivity contribution is 7.92. The summed E-state index contributed by atoms with van der Waals surface area (Å²) in [6, 6.07) is 15.0. The van der Waals surface area contributed by atoms with Gasteiger partial charge in [-0.15, -0.1) is 0 Å². The first kappa shape index (κ1) is 23.3. The Hall–Kier alpha value is -3.39. The van der Waals surface area contributed by atoms with Gasteiger partial charge in [-0.25, -0.2) is 13.4 Å². The van der Waals surface area contributed by atoms with E-state index in [2.05, 4.69) is 21.9 Å². The van der Waals surface area contributed by atoms with Crippen molar-refractivity contribution in [2.45, 2.75) is 38.5 Å². The van der Waals surface area contributed by atoms with Gasteiger partial charge in [0.25, 0.3) is 15.9 Å². The molecule has 0 aliphatic heterocycles. The fourth-order valence-electron chi connectivity index (χ4n) is 3.08. The van der Waals surface area contributed by atoms with Crippen molar-refractivity contribution in [2.24, 2.45) is 0 Å². The Bertz CT molecular complexity index is 1170. The molecule has 3 aromatic rings. The van der Waals surface area contributed by atoms with Crippen molar-refractivity contribution >= 4 is 21.6 Å². The molecule has 1 aromatic heterocycles. The molecule has 8 heteroatoms. The van der Waals surface area contributed by atoms with E-state index in [0.717, 1.165) is 18.4 Å². The van der Waals surface area contributed by atoms with Gasteiger partial charge >= 0.3 is 0 Å². The van der Waals surface area contributed by atoms with Crippen LogP contribution >= 0.6 is 0 Å². The molecule has 0 saturated carbocycles. The van der Waals surface area contributed by atoms with E-state index in [0.29, 0.717) is 35.0 Å². The number of ether oxygens (including phenoxy) is 1. The second-order valence-electron chi connectivity index (χ2n) is 7.50.